The van der Waals surface area contributed by atoms with Crippen LogP contribution in [0.25, 0.3) is 11.1 Å². The summed E-state index contributed by atoms with van der Waals surface area (Å²) in [6, 6.07) is 21.7. The Hall–Kier alpha value is -3.36. The van der Waals surface area contributed by atoms with Crippen LogP contribution in [0.1, 0.15) is 5.56 Å². The molecule has 6 N–H and O–H groups in total. The van der Waals surface area contributed by atoms with Gasteiger partial charge in [-0.25, -0.2) is 11.4 Å². The molecule has 3 aromatic rings. The van der Waals surface area contributed by atoms with Gasteiger partial charge in [-0.2, -0.15) is 0 Å². The fraction of sp³-hybridized carbons (Fsp3) is 0.0952. The molecule has 0 amide bonds. The minimum atomic E-state index is 0.278. The number of nitrogens with two attached hydrogens (primary N) is 2. The molecule has 7 nitrogen and oxygen atoms in total. The van der Waals surface area contributed by atoms with E-state index < -0.39 is 0 Å². The number of hydrogen-bond acceptors (Lipinski definition) is 7. The number of nitrogens with zero attached hydrogens (tertiary/aromatic N) is 1. The Balaban J connectivity index is 1.89. The van der Waals surface area contributed by atoms with Crippen molar-refractivity contribution < 1.29 is 9.47 Å². The number of rotatable bonds is 8. The maximum absolute atomic E-state index is 5.92. The molecule has 0 saturated carbocycles. The number of ether oxygens (including phenoxy) is 2. The molecule has 0 fully saturated rings. The minimum absolute atomic E-state index is 0.278. The van der Waals surface area contributed by atoms with Crippen LogP contribution in [-0.4, -0.2) is 20.1 Å². The Kier molecular flexibility index (Phi) is 6.83. The molecule has 150 valence electrons. The van der Waals surface area contributed by atoms with Crippen LogP contribution in [0.2, 0.25) is 0 Å². The fourth-order valence-corrected chi connectivity index (χ4v) is 3.58. The van der Waals surface area contributed by atoms with E-state index in [1.165, 1.54) is 11.9 Å². The van der Waals surface area contributed by atoms with E-state index in [0.29, 0.717) is 5.75 Å². The highest BCUT2D eigenvalue weighted by molar-refractivity contribution is 8.00. The van der Waals surface area contributed by atoms with Gasteiger partial charge in [0.25, 0.3) is 0 Å². The quantitative estimate of drug-likeness (QED) is 0.148. The van der Waals surface area contributed by atoms with Crippen LogP contribution >= 0.6 is 11.9 Å². The van der Waals surface area contributed by atoms with Gasteiger partial charge in [0, 0.05) is 5.56 Å². The second-order valence-corrected chi connectivity index (χ2v) is 6.83. The predicted molar refractivity (Wildman–Crippen MR) is 119 cm³/mol. The van der Waals surface area contributed by atoms with Gasteiger partial charge in [-0.1, -0.05) is 36.4 Å². The van der Waals surface area contributed by atoms with Crippen molar-refractivity contribution in [2.24, 2.45) is 16.7 Å². The largest absolute Gasteiger partial charge is 0.496 e. The summed E-state index contributed by atoms with van der Waals surface area (Å²) < 4.78 is 14.3. The van der Waals surface area contributed by atoms with Crippen LogP contribution in [0.3, 0.4) is 0 Å². The zero-order valence-electron chi connectivity index (χ0n) is 16.2. The summed E-state index contributed by atoms with van der Waals surface area (Å²) in [5.74, 6) is 6.94. The lowest BCUT2D eigenvalue weighted by atomic mass is 10.1. The van der Waals surface area contributed by atoms with Crippen molar-refractivity contribution in [2.75, 3.05) is 18.9 Å². The topological polar surface area (TPSA) is 107 Å². The van der Waals surface area contributed by atoms with Crippen LogP contribution in [0.15, 0.2) is 76.7 Å². The van der Waals surface area contributed by atoms with Crippen LogP contribution in [0, 0.1) is 0 Å². The first-order chi connectivity index (χ1) is 14.2. The van der Waals surface area contributed by atoms with Crippen LogP contribution in [-0.2, 0) is 0 Å². The lowest BCUT2D eigenvalue weighted by Gasteiger charge is -2.14. The van der Waals surface area contributed by atoms with Gasteiger partial charge in [-0.3, -0.25) is 0 Å². The number of hydrazone groups is 1. The molecule has 0 aliphatic carbocycles. The zero-order valence-corrected chi connectivity index (χ0v) is 17.0. The first-order valence-electron chi connectivity index (χ1n) is 8.79. The molecule has 29 heavy (non-hydrogen) atoms. The molecule has 8 heteroatoms. The number of methoxy groups -OCH3 is 2. The van der Waals surface area contributed by atoms with Gasteiger partial charge in [-0.05, 0) is 53.4 Å². The van der Waals surface area contributed by atoms with E-state index in [-0.39, 0.29) is 5.84 Å². The molecule has 0 aromatic heterocycles. The Labute approximate surface area is 174 Å². The molecule has 0 atom stereocenters. The van der Waals surface area contributed by atoms with Gasteiger partial charge in [0.2, 0.25) is 0 Å². The van der Waals surface area contributed by atoms with E-state index in [1.807, 2.05) is 54.6 Å². The van der Waals surface area contributed by atoms with E-state index in [2.05, 4.69) is 27.5 Å². The van der Waals surface area contributed by atoms with Crippen LogP contribution in [0.4, 0.5) is 5.69 Å². The number of nitrogens with one attached hydrogen (secondary N) is 2. The lowest BCUT2D eigenvalue weighted by molar-refractivity contribution is 0.405. The molecule has 0 unspecified atom stereocenters. The third-order valence-corrected chi connectivity index (χ3v) is 5.08. The van der Waals surface area contributed by atoms with Crippen LogP contribution in [0.5, 0.6) is 11.5 Å². The van der Waals surface area contributed by atoms with E-state index in [9.17, 15) is 0 Å². The minimum Gasteiger partial charge on any atom is -0.496 e. The van der Waals surface area contributed by atoms with Crippen molar-refractivity contribution in [1.82, 2.24) is 5.53 Å². The molecule has 0 bridgehead atoms. The summed E-state index contributed by atoms with van der Waals surface area (Å²) in [6.07, 6.45) is 0. The van der Waals surface area contributed by atoms with E-state index in [1.54, 1.807) is 14.2 Å². The van der Waals surface area contributed by atoms with Crippen molar-refractivity contribution in [3.63, 3.8) is 0 Å². The van der Waals surface area contributed by atoms with E-state index in [0.717, 1.165) is 33.0 Å². The predicted octanol–water partition coefficient (Wildman–Crippen LogP) is 3.57. The second-order valence-electron chi connectivity index (χ2n) is 5.98. The van der Waals surface area contributed by atoms with Crippen molar-refractivity contribution in [3.05, 3.63) is 72.3 Å². The average molecular weight is 410 g/mol. The van der Waals surface area contributed by atoms with Crippen LogP contribution < -0.4 is 31.3 Å². The standard InChI is InChI=1S/C21H23N5O2S/c1-27-18-10-8-15(14-6-4-3-5-7-14)12-17(18)25-29-20-13-16(21(22)24-26-23)9-11-19(20)28-2/h3-13,25-26H,23H2,1-2H3,(H2,22,24). The van der Waals surface area contributed by atoms with Crippen molar-refractivity contribution >= 4 is 23.5 Å². The summed E-state index contributed by atoms with van der Waals surface area (Å²) in [5.41, 5.74) is 11.9. The molecule has 0 heterocycles. The third kappa shape index (κ3) is 4.92. The SMILES string of the molecule is COc1ccc(-c2ccccc2)cc1NSc1cc(/C(N)=N/NN)ccc1OC. The fourth-order valence-electron chi connectivity index (χ4n) is 2.76. The van der Waals surface area contributed by atoms with Crippen molar-refractivity contribution in [2.45, 2.75) is 4.90 Å². The van der Waals surface area contributed by atoms with Gasteiger partial charge in [0.1, 0.15) is 11.5 Å². The average Bonchev–Trinajstić information content (AvgIpc) is 2.78. The summed E-state index contributed by atoms with van der Waals surface area (Å²) >= 11 is 1.39. The molecular formula is C21H23N5O2S. The molecule has 0 aliphatic heterocycles. The number of benzene rings is 3. The maximum atomic E-state index is 5.92. The highest BCUT2D eigenvalue weighted by Crippen LogP contribution is 2.36. The van der Waals surface area contributed by atoms with E-state index in [4.69, 9.17) is 21.1 Å². The highest BCUT2D eigenvalue weighted by atomic mass is 32.2. The normalized spacial score (nSPS) is 11.1. The number of hydrogen-bond donors (Lipinski definition) is 4. The first kappa shape index (κ1) is 20.4. The van der Waals surface area contributed by atoms with Gasteiger partial charge >= 0.3 is 0 Å². The van der Waals surface area contributed by atoms with Crippen molar-refractivity contribution in [1.29, 1.82) is 0 Å². The molecule has 3 aromatic carbocycles. The summed E-state index contributed by atoms with van der Waals surface area (Å²) in [4.78, 5) is 0.840. The third-order valence-electron chi connectivity index (χ3n) is 4.22. The molecule has 0 saturated heterocycles. The Bertz CT molecular complexity index is 996. The summed E-state index contributed by atoms with van der Waals surface area (Å²) in [7, 11) is 3.26. The Morgan fingerprint density at radius 2 is 1.62 bits per heavy atom. The Morgan fingerprint density at radius 3 is 2.31 bits per heavy atom. The second kappa shape index (κ2) is 9.72. The highest BCUT2D eigenvalue weighted by Gasteiger charge is 2.11. The number of anilines is 1. The van der Waals surface area contributed by atoms with Crippen molar-refractivity contribution in [3.8, 4) is 22.6 Å². The molecule has 3 rings (SSSR count). The van der Waals surface area contributed by atoms with Gasteiger partial charge < -0.3 is 19.9 Å². The van der Waals surface area contributed by atoms with E-state index >= 15 is 0 Å². The maximum Gasteiger partial charge on any atom is 0.152 e. The first-order valence-corrected chi connectivity index (χ1v) is 9.61. The lowest BCUT2D eigenvalue weighted by Crippen LogP contribution is -2.23. The Morgan fingerprint density at radius 1 is 0.897 bits per heavy atom. The van der Waals surface area contributed by atoms with Gasteiger partial charge in [0.15, 0.2) is 5.84 Å². The molecule has 0 aliphatic rings. The van der Waals surface area contributed by atoms with Gasteiger partial charge in [-0.15, -0.1) is 5.10 Å². The number of hydrazine groups is 1. The monoisotopic (exact) mass is 409 g/mol. The number of amidine groups is 1. The smallest absolute Gasteiger partial charge is 0.152 e. The molecule has 0 spiro atoms. The molecule has 0 radical (unpaired) electrons. The summed E-state index contributed by atoms with van der Waals surface area (Å²) in [5, 5.41) is 3.81. The summed E-state index contributed by atoms with van der Waals surface area (Å²) in [6.45, 7) is 0. The van der Waals surface area contributed by atoms with Gasteiger partial charge in [0.05, 0.1) is 24.8 Å². The zero-order chi connectivity index (χ0) is 20.6. The molecular weight excluding hydrogens is 386 g/mol.